The van der Waals surface area contributed by atoms with Crippen LogP contribution < -0.4 is 5.32 Å². The van der Waals surface area contributed by atoms with Gasteiger partial charge in [0.15, 0.2) is 5.13 Å². The van der Waals surface area contributed by atoms with Crippen molar-refractivity contribution in [1.82, 2.24) is 9.88 Å². The lowest BCUT2D eigenvalue weighted by Gasteiger charge is -2.13. The molecule has 110 valence electrons. The third-order valence-electron chi connectivity index (χ3n) is 3.42. The molecular weight excluding hydrogens is 306 g/mol. The second-order valence-corrected chi connectivity index (χ2v) is 6.34. The first kappa shape index (κ1) is 14.4. The lowest BCUT2D eigenvalue weighted by Crippen LogP contribution is -2.29. The maximum absolute atomic E-state index is 12.1. The molecule has 3 rings (SSSR count). The first-order valence-electron chi connectivity index (χ1n) is 6.95. The van der Waals surface area contributed by atoms with Crippen molar-refractivity contribution in [3.63, 3.8) is 0 Å². The molecule has 0 atom stereocenters. The van der Waals surface area contributed by atoms with Crippen molar-refractivity contribution in [2.45, 2.75) is 19.3 Å². The van der Waals surface area contributed by atoms with E-state index in [0.717, 1.165) is 42.4 Å². The first-order valence-corrected chi connectivity index (χ1v) is 8.21. The average Bonchev–Trinajstić information content (AvgIpc) is 3.10. The molecule has 0 aliphatic carbocycles. The van der Waals surface area contributed by atoms with E-state index in [1.165, 1.54) is 11.3 Å². The van der Waals surface area contributed by atoms with Gasteiger partial charge in [-0.15, -0.1) is 11.3 Å². The summed E-state index contributed by atoms with van der Waals surface area (Å²) in [6, 6.07) is 7.49. The second-order valence-electron chi connectivity index (χ2n) is 5.04. The van der Waals surface area contributed by atoms with Gasteiger partial charge in [0.2, 0.25) is 5.91 Å². The van der Waals surface area contributed by atoms with Crippen molar-refractivity contribution >= 4 is 39.7 Å². The van der Waals surface area contributed by atoms with Crippen LogP contribution in [-0.4, -0.2) is 28.9 Å². The zero-order valence-electron chi connectivity index (χ0n) is 11.5. The molecule has 1 aliphatic rings. The van der Waals surface area contributed by atoms with E-state index < -0.39 is 0 Å². The number of aromatic nitrogens is 1. The molecule has 4 nitrogen and oxygen atoms in total. The van der Waals surface area contributed by atoms with Crippen molar-refractivity contribution < 1.29 is 4.79 Å². The van der Waals surface area contributed by atoms with Gasteiger partial charge in [0.25, 0.3) is 0 Å². The van der Waals surface area contributed by atoms with E-state index in [0.29, 0.717) is 11.4 Å². The minimum Gasteiger partial charge on any atom is -0.342 e. The summed E-state index contributed by atoms with van der Waals surface area (Å²) in [5.74, 6) is 0.173. The van der Waals surface area contributed by atoms with Crippen molar-refractivity contribution in [1.29, 1.82) is 0 Å². The highest BCUT2D eigenvalue weighted by atomic mass is 35.5. The molecule has 2 aromatic rings. The Labute approximate surface area is 132 Å². The van der Waals surface area contributed by atoms with Gasteiger partial charge >= 0.3 is 0 Å². The van der Waals surface area contributed by atoms with Crippen LogP contribution in [0.1, 0.15) is 18.5 Å². The van der Waals surface area contributed by atoms with Gasteiger partial charge < -0.3 is 10.2 Å². The summed E-state index contributed by atoms with van der Waals surface area (Å²) in [5.41, 5.74) is 1.72. The van der Waals surface area contributed by atoms with Gasteiger partial charge in [0.1, 0.15) is 0 Å². The van der Waals surface area contributed by atoms with E-state index in [1.807, 2.05) is 34.5 Å². The highest BCUT2D eigenvalue weighted by Crippen LogP contribution is 2.23. The smallest absolute Gasteiger partial charge is 0.228 e. The van der Waals surface area contributed by atoms with Gasteiger partial charge in [0, 0.05) is 29.2 Å². The SMILES string of the molecule is O=C(Cc1csc(Nc2cccc(Cl)c2)n1)N1CCCC1. The Morgan fingerprint density at radius 2 is 2.19 bits per heavy atom. The Kier molecular flexibility index (Phi) is 4.41. The third kappa shape index (κ3) is 3.74. The number of rotatable bonds is 4. The van der Waals surface area contributed by atoms with Crippen LogP contribution in [0, 0.1) is 0 Å². The number of hydrogen-bond acceptors (Lipinski definition) is 4. The summed E-state index contributed by atoms with van der Waals surface area (Å²) in [7, 11) is 0. The van der Waals surface area contributed by atoms with Crippen molar-refractivity contribution in [3.8, 4) is 0 Å². The molecule has 21 heavy (non-hydrogen) atoms. The maximum Gasteiger partial charge on any atom is 0.228 e. The molecule has 1 aromatic carbocycles. The molecule has 0 bridgehead atoms. The number of likely N-dealkylation sites (tertiary alicyclic amines) is 1. The quantitative estimate of drug-likeness (QED) is 0.933. The number of thiazole rings is 1. The monoisotopic (exact) mass is 321 g/mol. The number of carbonyl (C=O) groups is 1. The topological polar surface area (TPSA) is 45.2 Å². The fraction of sp³-hybridized carbons (Fsp3) is 0.333. The minimum atomic E-state index is 0.173. The number of anilines is 2. The van der Waals surface area contributed by atoms with Crippen LogP contribution in [0.25, 0.3) is 0 Å². The zero-order valence-corrected chi connectivity index (χ0v) is 13.1. The third-order valence-corrected chi connectivity index (χ3v) is 4.46. The van der Waals surface area contributed by atoms with Crippen LogP contribution in [0.3, 0.4) is 0 Å². The van der Waals surface area contributed by atoms with Gasteiger partial charge in [0.05, 0.1) is 12.1 Å². The van der Waals surface area contributed by atoms with Gasteiger partial charge in [-0.2, -0.15) is 0 Å². The molecule has 2 heterocycles. The lowest BCUT2D eigenvalue weighted by molar-refractivity contribution is -0.129. The summed E-state index contributed by atoms with van der Waals surface area (Å²) in [6.45, 7) is 1.77. The number of nitrogens with zero attached hydrogens (tertiary/aromatic N) is 2. The van der Waals surface area contributed by atoms with Crippen molar-refractivity contribution in [2.75, 3.05) is 18.4 Å². The largest absolute Gasteiger partial charge is 0.342 e. The Morgan fingerprint density at radius 1 is 1.38 bits per heavy atom. The predicted octanol–water partition coefficient (Wildman–Crippen LogP) is 3.71. The Morgan fingerprint density at radius 3 is 2.95 bits per heavy atom. The van der Waals surface area contributed by atoms with Crippen molar-refractivity contribution in [2.24, 2.45) is 0 Å². The van der Waals surface area contributed by atoms with Gasteiger partial charge in [-0.1, -0.05) is 17.7 Å². The molecule has 1 aliphatic heterocycles. The molecule has 1 saturated heterocycles. The van der Waals surface area contributed by atoms with Crippen LogP contribution in [0.4, 0.5) is 10.8 Å². The molecular formula is C15H16ClN3OS. The van der Waals surface area contributed by atoms with Gasteiger partial charge in [-0.05, 0) is 31.0 Å². The summed E-state index contributed by atoms with van der Waals surface area (Å²) in [6.07, 6.45) is 2.61. The van der Waals surface area contributed by atoms with Gasteiger partial charge in [-0.3, -0.25) is 4.79 Å². The predicted molar refractivity (Wildman–Crippen MR) is 86.4 cm³/mol. The second kappa shape index (κ2) is 6.45. The Balaban J connectivity index is 1.62. The van der Waals surface area contributed by atoms with Crippen LogP contribution in [-0.2, 0) is 11.2 Å². The molecule has 0 unspecified atom stereocenters. The normalized spacial score (nSPS) is 14.4. The van der Waals surface area contributed by atoms with E-state index in [-0.39, 0.29) is 5.91 Å². The summed E-state index contributed by atoms with van der Waals surface area (Å²) < 4.78 is 0. The maximum atomic E-state index is 12.1. The highest BCUT2D eigenvalue weighted by molar-refractivity contribution is 7.13. The van der Waals surface area contributed by atoms with Crippen LogP contribution in [0.15, 0.2) is 29.6 Å². The van der Waals surface area contributed by atoms with Crippen LogP contribution in [0.5, 0.6) is 0 Å². The van der Waals surface area contributed by atoms with E-state index in [1.54, 1.807) is 0 Å². The Hall–Kier alpha value is -1.59. The minimum absolute atomic E-state index is 0.173. The fourth-order valence-electron chi connectivity index (χ4n) is 2.37. The number of nitrogens with one attached hydrogen (secondary N) is 1. The van der Waals surface area contributed by atoms with E-state index in [4.69, 9.17) is 11.6 Å². The van der Waals surface area contributed by atoms with Crippen molar-refractivity contribution in [3.05, 3.63) is 40.4 Å². The van der Waals surface area contributed by atoms with Gasteiger partial charge in [-0.25, -0.2) is 4.98 Å². The standard InChI is InChI=1S/C15H16ClN3OS/c16-11-4-3-5-12(8-11)17-15-18-13(10-21-15)9-14(20)19-6-1-2-7-19/h3-5,8,10H,1-2,6-7,9H2,(H,17,18). The molecule has 1 aromatic heterocycles. The molecule has 0 spiro atoms. The number of carbonyl (C=O) groups excluding carboxylic acids is 1. The Bertz CT molecular complexity index is 637. The van der Waals surface area contributed by atoms with Crippen LogP contribution in [0.2, 0.25) is 5.02 Å². The van der Waals surface area contributed by atoms with Crippen LogP contribution >= 0.6 is 22.9 Å². The average molecular weight is 322 g/mol. The molecule has 1 amide bonds. The van der Waals surface area contributed by atoms with E-state index >= 15 is 0 Å². The van der Waals surface area contributed by atoms with E-state index in [2.05, 4.69) is 10.3 Å². The summed E-state index contributed by atoms with van der Waals surface area (Å²) in [5, 5.41) is 6.60. The first-order chi connectivity index (χ1) is 10.2. The molecule has 1 N–H and O–H groups in total. The number of hydrogen-bond donors (Lipinski definition) is 1. The molecule has 6 heteroatoms. The molecule has 0 radical (unpaired) electrons. The number of benzene rings is 1. The zero-order chi connectivity index (χ0) is 14.7. The number of amides is 1. The lowest BCUT2D eigenvalue weighted by atomic mass is 10.3. The summed E-state index contributed by atoms with van der Waals surface area (Å²) in [4.78, 5) is 18.5. The number of halogens is 1. The summed E-state index contributed by atoms with van der Waals surface area (Å²) >= 11 is 7.45. The molecule has 1 fully saturated rings. The highest BCUT2D eigenvalue weighted by Gasteiger charge is 2.19. The van der Waals surface area contributed by atoms with E-state index in [9.17, 15) is 4.79 Å². The molecule has 0 saturated carbocycles. The fourth-order valence-corrected chi connectivity index (χ4v) is 3.29.